The molecule has 1 aromatic heterocycles. The number of nitrogens with zero attached hydrogens (tertiary/aromatic N) is 3. The van der Waals surface area contributed by atoms with Crippen LogP contribution in [0.4, 0.5) is 5.82 Å². The van der Waals surface area contributed by atoms with Gasteiger partial charge in [-0.1, -0.05) is 5.16 Å². The zero-order valence-corrected chi connectivity index (χ0v) is 14.2. The maximum Gasteiger partial charge on any atom is 0.241 e. The van der Waals surface area contributed by atoms with E-state index >= 15 is 0 Å². The highest BCUT2D eigenvalue weighted by atomic mass is 32.2. The Balaban J connectivity index is 1.77. The first-order valence-electron chi connectivity index (χ1n) is 7.24. The summed E-state index contributed by atoms with van der Waals surface area (Å²) >= 11 is 1.23. The van der Waals surface area contributed by atoms with Gasteiger partial charge in [-0.15, -0.1) is 11.8 Å². The quantitative estimate of drug-likeness (QED) is 0.831. The summed E-state index contributed by atoms with van der Waals surface area (Å²) in [5.41, 5.74) is 0. The average molecular weight is 340 g/mol. The number of anilines is 1. The normalized spacial score (nSPS) is 16.4. The molecule has 1 unspecified atom stereocenters. The molecule has 126 valence electrons. The second-order valence-electron chi connectivity index (χ2n) is 5.40. The van der Waals surface area contributed by atoms with E-state index in [0.29, 0.717) is 24.7 Å². The van der Waals surface area contributed by atoms with Crippen molar-refractivity contribution in [3.05, 3.63) is 11.8 Å². The van der Waals surface area contributed by atoms with E-state index in [1.165, 1.54) is 16.7 Å². The number of carbonyl (C=O) groups is 3. The molecule has 9 heteroatoms. The van der Waals surface area contributed by atoms with E-state index < -0.39 is 5.25 Å². The Hall–Kier alpha value is -2.03. The molecule has 0 saturated carbocycles. The molecular formula is C14H20N4O4S. The number of hydrogen-bond donors (Lipinski definition) is 1. The van der Waals surface area contributed by atoms with Crippen LogP contribution >= 0.6 is 11.8 Å². The van der Waals surface area contributed by atoms with Crippen LogP contribution in [-0.2, 0) is 14.4 Å². The first kappa shape index (κ1) is 17.3. The molecule has 3 amide bonds. The highest BCUT2D eigenvalue weighted by Gasteiger charge is 2.25. The summed E-state index contributed by atoms with van der Waals surface area (Å²) in [5, 5.41) is 5.90. The monoisotopic (exact) mass is 340 g/mol. The van der Waals surface area contributed by atoms with E-state index in [1.54, 1.807) is 31.9 Å². The molecule has 2 rings (SSSR count). The van der Waals surface area contributed by atoms with E-state index in [4.69, 9.17) is 4.52 Å². The van der Waals surface area contributed by atoms with E-state index in [1.807, 2.05) is 0 Å². The van der Waals surface area contributed by atoms with Gasteiger partial charge in [0.25, 0.3) is 0 Å². The zero-order valence-electron chi connectivity index (χ0n) is 13.4. The smallest absolute Gasteiger partial charge is 0.241 e. The van der Waals surface area contributed by atoms with Crippen LogP contribution in [0.15, 0.2) is 10.6 Å². The van der Waals surface area contributed by atoms with Crippen molar-refractivity contribution in [1.82, 2.24) is 15.0 Å². The molecule has 0 bridgehead atoms. The van der Waals surface area contributed by atoms with Crippen LogP contribution < -0.4 is 5.32 Å². The Morgan fingerprint density at radius 3 is 2.83 bits per heavy atom. The number of aromatic nitrogens is 1. The fraction of sp³-hybridized carbons (Fsp3) is 0.571. The Morgan fingerprint density at radius 2 is 2.22 bits per heavy atom. The molecule has 0 aliphatic carbocycles. The first-order valence-corrected chi connectivity index (χ1v) is 8.29. The lowest BCUT2D eigenvalue weighted by atomic mass is 10.3. The van der Waals surface area contributed by atoms with Crippen molar-refractivity contribution in [2.45, 2.75) is 19.1 Å². The van der Waals surface area contributed by atoms with Gasteiger partial charge in [-0.3, -0.25) is 14.4 Å². The number of hydrogen-bond acceptors (Lipinski definition) is 6. The van der Waals surface area contributed by atoms with E-state index in [2.05, 4.69) is 10.5 Å². The van der Waals surface area contributed by atoms with Gasteiger partial charge in [0.15, 0.2) is 5.82 Å². The molecule has 1 aromatic rings. The Bertz CT molecular complexity index is 603. The number of thioether (sulfide) groups is 1. The van der Waals surface area contributed by atoms with Gasteiger partial charge in [-0.2, -0.15) is 0 Å². The number of carbonyl (C=O) groups excluding carboxylic acids is 3. The molecule has 2 heterocycles. The lowest BCUT2D eigenvalue weighted by Gasteiger charge is -2.32. The molecule has 1 saturated heterocycles. The van der Waals surface area contributed by atoms with Crippen LogP contribution in [0.25, 0.3) is 0 Å². The van der Waals surface area contributed by atoms with Crippen molar-refractivity contribution in [1.29, 1.82) is 0 Å². The maximum absolute atomic E-state index is 12.1. The zero-order chi connectivity index (χ0) is 17.0. The van der Waals surface area contributed by atoms with Crippen molar-refractivity contribution in [2.75, 3.05) is 37.8 Å². The second-order valence-corrected chi connectivity index (χ2v) is 6.72. The summed E-state index contributed by atoms with van der Waals surface area (Å²) in [6.07, 6.45) is 0. The number of aryl methyl sites for hydroxylation is 1. The molecule has 8 nitrogen and oxygen atoms in total. The van der Waals surface area contributed by atoms with Crippen molar-refractivity contribution in [3.63, 3.8) is 0 Å². The summed E-state index contributed by atoms with van der Waals surface area (Å²) in [7, 11) is 1.72. The molecule has 1 aliphatic heterocycles. The third kappa shape index (κ3) is 4.72. The van der Waals surface area contributed by atoms with Gasteiger partial charge in [0, 0.05) is 26.2 Å². The van der Waals surface area contributed by atoms with Crippen LogP contribution in [0.3, 0.4) is 0 Å². The standard InChI is InChI=1S/C14H20N4O4S/c1-9-6-11(16-22-9)15-14(21)10(2)23-8-13(20)18-5-4-17(3)12(19)7-18/h6,10H,4-5,7-8H2,1-3H3,(H,15,16,21). The molecule has 1 fully saturated rings. The summed E-state index contributed by atoms with van der Waals surface area (Å²) in [4.78, 5) is 38.9. The summed E-state index contributed by atoms with van der Waals surface area (Å²) in [5.74, 6) is 0.677. The van der Waals surface area contributed by atoms with Crippen LogP contribution in [0.5, 0.6) is 0 Å². The van der Waals surface area contributed by atoms with Gasteiger partial charge in [0.1, 0.15) is 5.76 Å². The van der Waals surface area contributed by atoms with Crippen LogP contribution in [0.2, 0.25) is 0 Å². The molecule has 1 N–H and O–H groups in total. The van der Waals surface area contributed by atoms with E-state index in [0.717, 1.165) is 0 Å². The van der Waals surface area contributed by atoms with Crippen LogP contribution in [0.1, 0.15) is 12.7 Å². The molecule has 1 atom stereocenters. The van der Waals surface area contributed by atoms with Gasteiger partial charge in [-0.05, 0) is 13.8 Å². The number of rotatable bonds is 5. The predicted molar refractivity (Wildman–Crippen MR) is 86.0 cm³/mol. The van der Waals surface area contributed by atoms with Gasteiger partial charge in [0.05, 0.1) is 17.5 Å². The fourth-order valence-corrected chi connectivity index (χ4v) is 2.77. The van der Waals surface area contributed by atoms with E-state index in [-0.39, 0.29) is 30.0 Å². The van der Waals surface area contributed by atoms with Crippen molar-refractivity contribution in [2.24, 2.45) is 0 Å². The molecule has 1 aliphatic rings. The SMILES string of the molecule is Cc1cc(NC(=O)C(C)SCC(=O)N2CCN(C)C(=O)C2)no1. The van der Waals surface area contributed by atoms with E-state index in [9.17, 15) is 14.4 Å². The predicted octanol–water partition coefficient (Wildman–Crippen LogP) is 0.344. The van der Waals surface area contributed by atoms with Gasteiger partial charge < -0.3 is 19.6 Å². The average Bonchev–Trinajstić information content (AvgIpc) is 2.92. The summed E-state index contributed by atoms with van der Waals surface area (Å²) < 4.78 is 4.87. The second kappa shape index (κ2) is 7.49. The molecular weight excluding hydrogens is 320 g/mol. The molecule has 23 heavy (non-hydrogen) atoms. The molecule has 0 aromatic carbocycles. The number of amides is 3. The topological polar surface area (TPSA) is 95.8 Å². The van der Waals surface area contributed by atoms with Gasteiger partial charge in [0.2, 0.25) is 17.7 Å². The lowest BCUT2D eigenvalue weighted by Crippen LogP contribution is -2.51. The first-order chi connectivity index (χ1) is 10.9. The Morgan fingerprint density at radius 1 is 1.48 bits per heavy atom. The van der Waals surface area contributed by atoms with Crippen LogP contribution in [0, 0.1) is 6.92 Å². The highest BCUT2D eigenvalue weighted by molar-refractivity contribution is 8.01. The minimum Gasteiger partial charge on any atom is -0.360 e. The fourth-order valence-electron chi connectivity index (χ4n) is 1.99. The molecule has 0 spiro atoms. The largest absolute Gasteiger partial charge is 0.360 e. The molecule has 0 radical (unpaired) electrons. The minimum absolute atomic E-state index is 0.0678. The van der Waals surface area contributed by atoms with Gasteiger partial charge >= 0.3 is 0 Å². The van der Waals surface area contributed by atoms with Gasteiger partial charge in [-0.25, -0.2) is 0 Å². The lowest BCUT2D eigenvalue weighted by molar-refractivity contribution is -0.142. The van der Waals surface area contributed by atoms with Crippen molar-refractivity contribution in [3.8, 4) is 0 Å². The third-order valence-electron chi connectivity index (χ3n) is 3.52. The Kier molecular flexibility index (Phi) is 5.64. The Labute approximate surface area is 138 Å². The third-order valence-corrected chi connectivity index (χ3v) is 4.64. The van der Waals surface area contributed by atoms with Crippen molar-refractivity contribution < 1.29 is 18.9 Å². The summed E-state index contributed by atoms with van der Waals surface area (Å²) in [6, 6.07) is 1.62. The summed E-state index contributed by atoms with van der Waals surface area (Å²) in [6.45, 7) is 4.62. The number of nitrogens with one attached hydrogen (secondary N) is 1. The van der Waals surface area contributed by atoms with Crippen LogP contribution in [-0.4, -0.2) is 70.4 Å². The highest BCUT2D eigenvalue weighted by Crippen LogP contribution is 2.15. The number of piperazine rings is 1. The maximum atomic E-state index is 12.1. The minimum atomic E-state index is -0.417. The number of likely N-dealkylation sites (N-methyl/N-ethyl adjacent to an activating group) is 1. The van der Waals surface area contributed by atoms with Crippen molar-refractivity contribution >= 4 is 35.3 Å².